The summed E-state index contributed by atoms with van der Waals surface area (Å²) in [4.78, 5) is 12.9. The van der Waals surface area contributed by atoms with Gasteiger partial charge in [-0.3, -0.25) is 9.71 Å². The first kappa shape index (κ1) is 19.8. The zero-order valence-corrected chi connectivity index (χ0v) is 17.1. The van der Waals surface area contributed by atoms with Gasteiger partial charge in [0.2, 0.25) is 5.95 Å². The lowest BCUT2D eigenvalue weighted by molar-refractivity contribution is 0.601. The van der Waals surface area contributed by atoms with Crippen molar-refractivity contribution in [3.8, 4) is 11.3 Å². The third-order valence-electron chi connectivity index (χ3n) is 4.13. The van der Waals surface area contributed by atoms with Crippen molar-refractivity contribution in [2.45, 2.75) is 4.90 Å². The Balaban J connectivity index is 1.47. The lowest BCUT2D eigenvalue weighted by Crippen LogP contribution is -2.12. The summed E-state index contributed by atoms with van der Waals surface area (Å²) in [6, 6.07) is 18.3. The number of nitrogens with zero attached hydrogens (tertiary/aromatic N) is 3. The lowest BCUT2D eigenvalue weighted by Gasteiger charge is -2.10. The van der Waals surface area contributed by atoms with Crippen LogP contribution in [0.3, 0.4) is 0 Å². The van der Waals surface area contributed by atoms with Crippen LogP contribution in [-0.4, -0.2) is 23.4 Å². The van der Waals surface area contributed by atoms with Gasteiger partial charge in [-0.05, 0) is 66.7 Å². The third kappa shape index (κ3) is 4.73. The van der Waals surface area contributed by atoms with Gasteiger partial charge in [-0.25, -0.2) is 18.4 Å². The maximum atomic E-state index is 12.5. The lowest BCUT2D eigenvalue weighted by atomic mass is 10.2. The van der Waals surface area contributed by atoms with E-state index in [-0.39, 0.29) is 4.90 Å². The summed E-state index contributed by atoms with van der Waals surface area (Å²) in [7, 11) is -3.70. The molecule has 4 aromatic rings. The van der Waals surface area contributed by atoms with Crippen LogP contribution >= 0.6 is 11.6 Å². The predicted molar refractivity (Wildman–Crippen MR) is 117 cm³/mol. The molecule has 9 heteroatoms. The molecular weight excluding hydrogens is 422 g/mol. The summed E-state index contributed by atoms with van der Waals surface area (Å²) in [5.41, 5.74) is 2.77. The van der Waals surface area contributed by atoms with Gasteiger partial charge < -0.3 is 5.32 Å². The standard InChI is InChI=1S/C21H16ClN5O2S/c22-16-3-9-19(10-4-16)30(28,29)27-18-7-5-17(6-8-18)25-21-24-13-11-20(26-21)15-2-1-12-23-14-15/h1-14,27H,(H,24,25,26). The van der Waals surface area contributed by atoms with Crippen molar-refractivity contribution in [3.05, 3.63) is 90.3 Å². The van der Waals surface area contributed by atoms with Crippen molar-refractivity contribution in [1.29, 1.82) is 0 Å². The highest BCUT2D eigenvalue weighted by Crippen LogP contribution is 2.22. The molecule has 0 bridgehead atoms. The van der Waals surface area contributed by atoms with Crippen LogP contribution in [0.25, 0.3) is 11.3 Å². The monoisotopic (exact) mass is 437 g/mol. The molecule has 7 nitrogen and oxygen atoms in total. The summed E-state index contributed by atoms with van der Waals surface area (Å²) >= 11 is 5.81. The van der Waals surface area contributed by atoms with Gasteiger partial charge in [0, 0.05) is 40.6 Å². The van der Waals surface area contributed by atoms with Crippen LogP contribution < -0.4 is 10.0 Å². The molecule has 4 rings (SSSR count). The van der Waals surface area contributed by atoms with Crippen LogP contribution in [0.15, 0.2) is 90.2 Å². The summed E-state index contributed by atoms with van der Waals surface area (Å²) in [6.45, 7) is 0. The number of aromatic nitrogens is 3. The first-order chi connectivity index (χ1) is 14.5. The summed E-state index contributed by atoms with van der Waals surface area (Å²) in [5.74, 6) is 0.422. The smallest absolute Gasteiger partial charge is 0.261 e. The number of pyridine rings is 1. The number of halogens is 1. The molecule has 0 saturated carbocycles. The second kappa shape index (κ2) is 8.48. The van der Waals surface area contributed by atoms with Crippen molar-refractivity contribution in [2.24, 2.45) is 0 Å². The van der Waals surface area contributed by atoms with E-state index in [0.717, 1.165) is 11.3 Å². The van der Waals surface area contributed by atoms with Crippen molar-refractivity contribution in [1.82, 2.24) is 15.0 Å². The zero-order valence-electron chi connectivity index (χ0n) is 15.5. The van der Waals surface area contributed by atoms with E-state index in [2.05, 4.69) is 25.0 Å². The molecule has 2 N–H and O–H groups in total. The molecule has 0 aliphatic rings. The van der Waals surface area contributed by atoms with E-state index in [1.165, 1.54) is 24.3 Å². The highest BCUT2D eigenvalue weighted by Gasteiger charge is 2.14. The van der Waals surface area contributed by atoms with Crippen LogP contribution in [0.1, 0.15) is 0 Å². The van der Waals surface area contributed by atoms with Gasteiger partial charge in [-0.15, -0.1) is 0 Å². The van der Waals surface area contributed by atoms with E-state index < -0.39 is 10.0 Å². The Morgan fingerprint density at radius 1 is 0.833 bits per heavy atom. The second-order valence-electron chi connectivity index (χ2n) is 6.27. The second-order valence-corrected chi connectivity index (χ2v) is 8.39. The Bertz CT molecular complexity index is 1250. The molecule has 0 radical (unpaired) electrons. The minimum absolute atomic E-state index is 0.134. The highest BCUT2D eigenvalue weighted by atomic mass is 35.5. The summed E-state index contributed by atoms with van der Waals surface area (Å²) < 4.78 is 27.5. The summed E-state index contributed by atoms with van der Waals surface area (Å²) in [6.07, 6.45) is 5.09. The third-order valence-corrected chi connectivity index (χ3v) is 5.78. The number of hydrogen-bond acceptors (Lipinski definition) is 6. The molecule has 0 amide bonds. The topological polar surface area (TPSA) is 96.9 Å². The molecule has 0 aliphatic carbocycles. The van der Waals surface area contributed by atoms with Crippen LogP contribution in [0.2, 0.25) is 5.02 Å². The van der Waals surface area contributed by atoms with Gasteiger partial charge in [0.05, 0.1) is 10.6 Å². The average Bonchev–Trinajstić information content (AvgIpc) is 2.76. The van der Waals surface area contributed by atoms with E-state index >= 15 is 0 Å². The summed E-state index contributed by atoms with van der Waals surface area (Å²) in [5, 5.41) is 3.58. The predicted octanol–water partition coefficient (Wildman–Crippen LogP) is 4.74. The number of hydrogen-bond donors (Lipinski definition) is 2. The Morgan fingerprint density at radius 2 is 1.57 bits per heavy atom. The molecule has 0 saturated heterocycles. The number of rotatable bonds is 6. The number of anilines is 3. The van der Waals surface area contributed by atoms with Gasteiger partial charge in [-0.1, -0.05) is 11.6 Å². The van der Waals surface area contributed by atoms with Gasteiger partial charge in [0.15, 0.2) is 0 Å². The number of sulfonamides is 1. The Labute approximate surface area is 178 Å². The van der Waals surface area contributed by atoms with Gasteiger partial charge in [-0.2, -0.15) is 0 Å². The average molecular weight is 438 g/mol. The van der Waals surface area contributed by atoms with Crippen molar-refractivity contribution in [2.75, 3.05) is 10.0 Å². The molecule has 30 heavy (non-hydrogen) atoms. The number of nitrogens with one attached hydrogen (secondary N) is 2. The van der Waals surface area contributed by atoms with E-state index in [9.17, 15) is 8.42 Å². The Kier molecular flexibility index (Phi) is 5.60. The SMILES string of the molecule is O=S(=O)(Nc1ccc(Nc2nccc(-c3cccnc3)n2)cc1)c1ccc(Cl)cc1. The maximum absolute atomic E-state index is 12.5. The quantitative estimate of drug-likeness (QED) is 0.452. The van der Waals surface area contributed by atoms with Gasteiger partial charge >= 0.3 is 0 Å². The van der Waals surface area contributed by atoms with E-state index in [4.69, 9.17) is 11.6 Å². The highest BCUT2D eigenvalue weighted by molar-refractivity contribution is 7.92. The van der Waals surface area contributed by atoms with Crippen LogP contribution in [-0.2, 0) is 10.0 Å². The maximum Gasteiger partial charge on any atom is 0.261 e. The molecule has 0 atom stereocenters. The minimum Gasteiger partial charge on any atom is -0.324 e. The van der Waals surface area contributed by atoms with Crippen LogP contribution in [0.5, 0.6) is 0 Å². The molecule has 2 heterocycles. The largest absolute Gasteiger partial charge is 0.324 e. The molecule has 2 aromatic heterocycles. The number of benzene rings is 2. The molecule has 0 fully saturated rings. The van der Waals surface area contributed by atoms with E-state index in [0.29, 0.717) is 22.3 Å². The van der Waals surface area contributed by atoms with Crippen molar-refractivity contribution >= 4 is 38.9 Å². The fourth-order valence-electron chi connectivity index (χ4n) is 2.67. The van der Waals surface area contributed by atoms with E-state index in [1.54, 1.807) is 48.9 Å². The minimum atomic E-state index is -3.70. The zero-order chi connectivity index (χ0) is 21.0. The molecular formula is C21H16ClN5O2S. The van der Waals surface area contributed by atoms with Crippen LogP contribution in [0, 0.1) is 0 Å². The van der Waals surface area contributed by atoms with Gasteiger partial charge in [0.25, 0.3) is 10.0 Å². The molecule has 0 unspecified atom stereocenters. The molecule has 150 valence electrons. The fraction of sp³-hybridized carbons (Fsp3) is 0. The molecule has 0 spiro atoms. The Morgan fingerprint density at radius 3 is 2.27 bits per heavy atom. The molecule has 0 aliphatic heterocycles. The normalized spacial score (nSPS) is 11.1. The van der Waals surface area contributed by atoms with Crippen molar-refractivity contribution < 1.29 is 8.42 Å². The van der Waals surface area contributed by atoms with E-state index in [1.807, 2.05) is 12.1 Å². The van der Waals surface area contributed by atoms with Crippen molar-refractivity contribution in [3.63, 3.8) is 0 Å². The van der Waals surface area contributed by atoms with Crippen LogP contribution in [0.4, 0.5) is 17.3 Å². The Hall–Kier alpha value is -3.49. The first-order valence-electron chi connectivity index (χ1n) is 8.88. The van der Waals surface area contributed by atoms with Gasteiger partial charge in [0.1, 0.15) is 0 Å². The fourth-order valence-corrected chi connectivity index (χ4v) is 3.86. The molecule has 2 aromatic carbocycles. The first-order valence-corrected chi connectivity index (χ1v) is 10.7.